The summed E-state index contributed by atoms with van der Waals surface area (Å²) in [5.41, 5.74) is 0.939. The molecule has 0 bridgehead atoms. The average molecular weight is 489 g/mol. The molecule has 2 fully saturated rings. The number of halogens is 1. The number of methoxy groups -OCH3 is 1. The van der Waals surface area contributed by atoms with Crippen LogP contribution in [0.4, 0.5) is 10.1 Å². The lowest BCUT2D eigenvalue weighted by Crippen LogP contribution is -2.47. The predicted molar refractivity (Wildman–Crippen MR) is 134 cm³/mol. The molecule has 0 saturated carbocycles. The van der Waals surface area contributed by atoms with Gasteiger partial charge in [-0.25, -0.2) is 4.39 Å². The molecule has 192 valence electrons. The molecule has 1 aromatic carbocycles. The van der Waals surface area contributed by atoms with Crippen LogP contribution in [0.2, 0.25) is 0 Å². The molecule has 9 heteroatoms. The van der Waals surface area contributed by atoms with E-state index in [0.29, 0.717) is 30.2 Å². The third-order valence-corrected chi connectivity index (χ3v) is 5.59. The van der Waals surface area contributed by atoms with Gasteiger partial charge in [0.2, 0.25) is 0 Å². The van der Waals surface area contributed by atoms with Crippen molar-refractivity contribution in [1.82, 2.24) is 14.8 Å². The molecular weight excluding hydrogens is 451 g/mol. The Hall–Kier alpha value is -3.04. The lowest BCUT2D eigenvalue weighted by molar-refractivity contribution is -0.126. The minimum atomic E-state index is -0.412. The Labute approximate surface area is 207 Å². The van der Waals surface area contributed by atoms with Gasteiger partial charge in [0.15, 0.2) is 0 Å². The third kappa shape index (κ3) is 8.92. The fraction of sp³-hybridized carbons (Fsp3) is 0.500. The van der Waals surface area contributed by atoms with Gasteiger partial charge in [0.05, 0.1) is 13.2 Å². The molecule has 2 saturated heterocycles. The molecule has 2 amide bonds. The maximum absolute atomic E-state index is 12.6. The number of hydrogen-bond acceptors (Lipinski definition) is 6. The highest BCUT2D eigenvalue weighted by atomic mass is 19.1. The minimum Gasteiger partial charge on any atom is -0.497 e. The van der Waals surface area contributed by atoms with E-state index in [1.807, 2.05) is 27.8 Å². The number of pyridine rings is 1. The van der Waals surface area contributed by atoms with Crippen LogP contribution in [-0.4, -0.2) is 79.1 Å². The van der Waals surface area contributed by atoms with Gasteiger partial charge in [0, 0.05) is 44.1 Å². The molecule has 2 aliphatic heterocycles. The minimum absolute atomic E-state index is 0.0927. The number of ether oxygens (including phenoxy) is 2. The Bertz CT molecular complexity index is 950. The summed E-state index contributed by atoms with van der Waals surface area (Å²) in [5, 5.41) is 2.83. The van der Waals surface area contributed by atoms with Crippen LogP contribution >= 0.6 is 0 Å². The van der Waals surface area contributed by atoms with E-state index in [1.165, 1.54) is 19.2 Å². The van der Waals surface area contributed by atoms with E-state index in [-0.39, 0.29) is 23.7 Å². The number of benzene rings is 1. The first-order chi connectivity index (χ1) is 16.9. The highest BCUT2D eigenvalue weighted by Crippen LogP contribution is 2.21. The molecule has 35 heavy (non-hydrogen) atoms. The van der Waals surface area contributed by atoms with Crippen LogP contribution in [0.5, 0.6) is 5.75 Å². The molecule has 3 heterocycles. The van der Waals surface area contributed by atoms with E-state index in [0.717, 1.165) is 25.9 Å². The summed E-state index contributed by atoms with van der Waals surface area (Å²) in [6.07, 6.45) is 2.88. The Morgan fingerprint density at radius 1 is 1.11 bits per heavy atom. The van der Waals surface area contributed by atoms with Crippen molar-refractivity contribution < 1.29 is 23.5 Å². The highest BCUT2D eigenvalue weighted by Gasteiger charge is 2.28. The van der Waals surface area contributed by atoms with Crippen LogP contribution < -0.4 is 10.1 Å². The summed E-state index contributed by atoms with van der Waals surface area (Å²) in [4.78, 5) is 32.9. The molecule has 1 aromatic heterocycles. The monoisotopic (exact) mass is 488 g/mol. The zero-order chi connectivity index (χ0) is 25.8. The number of carbonyl (C=O) groups is 2. The quantitative estimate of drug-likeness (QED) is 0.704. The van der Waals surface area contributed by atoms with Gasteiger partial charge in [-0.05, 0) is 51.1 Å². The second kappa shape index (κ2) is 14.4. The van der Waals surface area contributed by atoms with E-state index >= 15 is 0 Å². The Morgan fingerprint density at radius 3 is 2.40 bits per heavy atom. The molecule has 2 aromatic rings. The number of piperazine rings is 1. The first-order valence-electron chi connectivity index (χ1n) is 12.1. The number of rotatable bonds is 4. The lowest BCUT2D eigenvalue weighted by Gasteiger charge is -2.32. The van der Waals surface area contributed by atoms with Crippen molar-refractivity contribution in [1.29, 1.82) is 0 Å². The number of likely N-dealkylation sites (N-methyl/N-ethyl adjacent to an activating group) is 1. The van der Waals surface area contributed by atoms with Crippen molar-refractivity contribution in [2.45, 2.75) is 45.8 Å². The largest absolute Gasteiger partial charge is 0.497 e. The molecule has 8 nitrogen and oxygen atoms in total. The van der Waals surface area contributed by atoms with Gasteiger partial charge < -0.3 is 24.6 Å². The van der Waals surface area contributed by atoms with Crippen molar-refractivity contribution in [2.24, 2.45) is 0 Å². The molecule has 2 aliphatic rings. The summed E-state index contributed by atoms with van der Waals surface area (Å²) in [7, 11) is 3.55. The summed E-state index contributed by atoms with van der Waals surface area (Å²) in [6.45, 7) is 9.08. The first kappa shape index (κ1) is 28.2. The molecule has 2 atom stereocenters. The number of anilines is 1. The SMILES string of the molecule is CC.CC1CCC(C(=O)Nc2ccnc(C(=O)N3CCN(C)CC3)c2)O1.COc1cccc(F)c1. The smallest absolute Gasteiger partial charge is 0.272 e. The van der Waals surface area contributed by atoms with Crippen LogP contribution in [0.1, 0.15) is 44.1 Å². The normalized spacial score (nSPS) is 19.5. The number of nitrogens with zero attached hydrogens (tertiary/aromatic N) is 3. The highest BCUT2D eigenvalue weighted by molar-refractivity contribution is 5.97. The fourth-order valence-corrected chi connectivity index (χ4v) is 3.61. The molecule has 0 radical (unpaired) electrons. The van der Waals surface area contributed by atoms with Gasteiger partial charge in [-0.3, -0.25) is 14.6 Å². The first-order valence-corrected chi connectivity index (χ1v) is 12.1. The van der Waals surface area contributed by atoms with Gasteiger partial charge in [-0.2, -0.15) is 0 Å². The zero-order valence-corrected chi connectivity index (χ0v) is 21.3. The van der Waals surface area contributed by atoms with E-state index in [9.17, 15) is 14.0 Å². The van der Waals surface area contributed by atoms with Crippen LogP contribution in [-0.2, 0) is 9.53 Å². The Morgan fingerprint density at radius 2 is 1.83 bits per heavy atom. The summed E-state index contributed by atoms with van der Waals surface area (Å²) in [6, 6.07) is 9.34. The van der Waals surface area contributed by atoms with Crippen LogP contribution in [0.15, 0.2) is 42.6 Å². The number of amides is 2. The van der Waals surface area contributed by atoms with Crippen LogP contribution in [0.25, 0.3) is 0 Å². The molecule has 2 unspecified atom stereocenters. The van der Waals surface area contributed by atoms with E-state index in [1.54, 1.807) is 35.4 Å². The topological polar surface area (TPSA) is 84.0 Å². The molecule has 1 N–H and O–H groups in total. The molecule has 0 spiro atoms. The van der Waals surface area contributed by atoms with Crippen LogP contribution in [0, 0.1) is 5.82 Å². The van der Waals surface area contributed by atoms with E-state index in [2.05, 4.69) is 15.2 Å². The molecule has 0 aliphatic carbocycles. The fourth-order valence-electron chi connectivity index (χ4n) is 3.61. The van der Waals surface area contributed by atoms with E-state index in [4.69, 9.17) is 9.47 Å². The van der Waals surface area contributed by atoms with Gasteiger partial charge >= 0.3 is 0 Å². The second-order valence-corrected chi connectivity index (χ2v) is 8.19. The van der Waals surface area contributed by atoms with E-state index < -0.39 is 6.10 Å². The standard InChI is InChI=1S/C17H24N4O3.C7H7FO.C2H6/c1-12-3-4-15(24-12)16(22)19-13-5-6-18-14(11-13)17(23)21-9-7-20(2)8-10-21;1-9-7-4-2-3-6(8)5-7;1-2/h5-6,11-12,15H,3-4,7-10H2,1-2H3,(H,18,19,22);2-5H,1H3;1-2H3. The maximum atomic E-state index is 12.6. The lowest BCUT2D eigenvalue weighted by atomic mass is 10.2. The number of aromatic nitrogens is 1. The van der Waals surface area contributed by atoms with Crippen molar-refractivity contribution in [3.63, 3.8) is 0 Å². The summed E-state index contributed by atoms with van der Waals surface area (Å²) >= 11 is 0. The summed E-state index contributed by atoms with van der Waals surface area (Å²) < 4.78 is 22.6. The molecular formula is C26H37FN4O4. The van der Waals surface area contributed by atoms with Crippen molar-refractivity contribution in [2.75, 3.05) is 45.7 Å². The van der Waals surface area contributed by atoms with Crippen LogP contribution in [0.3, 0.4) is 0 Å². The Kier molecular flexibility index (Phi) is 11.6. The summed E-state index contributed by atoms with van der Waals surface area (Å²) in [5.74, 6) is 0.0258. The van der Waals surface area contributed by atoms with Crippen molar-refractivity contribution >= 4 is 17.5 Å². The predicted octanol–water partition coefficient (Wildman–Crippen LogP) is 3.84. The van der Waals surface area contributed by atoms with Gasteiger partial charge in [-0.15, -0.1) is 0 Å². The zero-order valence-electron chi connectivity index (χ0n) is 21.3. The molecule has 4 rings (SSSR count). The third-order valence-electron chi connectivity index (χ3n) is 5.59. The van der Waals surface area contributed by atoms with Gasteiger partial charge in [0.25, 0.3) is 11.8 Å². The second-order valence-electron chi connectivity index (χ2n) is 8.19. The number of hydrogen-bond donors (Lipinski definition) is 1. The van der Waals surface area contributed by atoms with Gasteiger partial charge in [-0.1, -0.05) is 19.9 Å². The number of nitrogens with one attached hydrogen (secondary N) is 1. The Balaban J connectivity index is 0.000000329. The average Bonchev–Trinajstić information content (AvgIpc) is 3.32. The van der Waals surface area contributed by atoms with Crippen molar-refractivity contribution in [3.05, 3.63) is 54.1 Å². The number of carbonyl (C=O) groups excluding carboxylic acids is 2. The van der Waals surface area contributed by atoms with Crippen molar-refractivity contribution in [3.8, 4) is 5.75 Å². The maximum Gasteiger partial charge on any atom is 0.272 e. The van der Waals surface area contributed by atoms with Gasteiger partial charge in [0.1, 0.15) is 23.4 Å².